The number of carboxylic acids is 1. The number of aliphatic carboxylic acids is 1. The van der Waals surface area contributed by atoms with Crippen LogP contribution in [0.3, 0.4) is 0 Å². The molecule has 0 saturated carbocycles. The summed E-state index contributed by atoms with van der Waals surface area (Å²) >= 11 is 0. The van der Waals surface area contributed by atoms with Crippen molar-refractivity contribution in [3.63, 3.8) is 0 Å². The van der Waals surface area contributed by atoms with Gasteiger partial charge in [-0.3, -0.25) is 4.98 Å². The number of benzene rings is 1. The number of amides is 2. The Labute approximate surface area is 120 Å². The Kier molecular flexibility index (Phi) is 4.68. The molecule has 0 fully saturated rings. The fourth-order valence-corrected chi connectivity index (χ4v) is 1.82. The highest BCUT2D eigenvalue weighted by atomic mass is 16.4. The van der Waals surface area contributed by atoms with Crippen LogP contribution in [0.25, 0.3) is 10.9 Å². The molecule has 2 aromatic rings. The molecule has 0 aliphatic heterocycles. The van der Waals surface area contributed by atoms with E-state index in [2.05, 4.69) is 15.6 Å². The van der Waals surface area contributed by atoms with Gasteiger partial charge in [0.2, 0.25) is 0 Å². The van der Waals surface area contributed by atoms with Gasteiger partial charge in [0, 0.05) is 24.5 Å². The van der Waals surface area contributed by atoms with E-state index in [9.17, 15) is 9.59 Å². The van der Waals surface area contributed by atoms with Gasteiger partial charge in [0.25, 0.3) is 0 Å². The van der Waals surface area contributed by atoms with Gasteiger partial charge >= 0.3 is 12.0 Å². The zero-order valence-electron chi connectivity index (χ0n) is 11.1. The Balaban J connectivity index is 1.94. The van der Waals surface area contributed by atoms with E-state index in [1.165, 1.54) is 0 Å². The lowest BCUT2D eigenvalue weighted by molar-refractivity contribution is -0.146. The van der Waals surface area contributed by atoms with Crippen molar-refractivity contribution in [1.82, 2.24) is 10.3 Å². The second-order valence-corrected chi connectivity index (χ2v) is 4.40. The molecule has 7 heteroatoms. The van der Waals surface area contributed by atoms with Crippen LogP contribution in [0, 0.1) is 0 Å². The number of hydrogen-bond acceptors (Lipinski definition) is 4. The second-order valence-electron chi connectivity index (χ2n) is 4.40. The van der Waals surface area contributed by atoms with Gasteiger partial charge in [-0.25, -0.2) is 9.59 Å². The lowest BCUT2D eigenvalue weighted by Crippen LogP contribution is -2.33. The summed E-state index contributed by atoms with van der Waals surface area (Å²) in [5.74, 6) is -1.31. The van der Waals surface area contributed by atoms with Crippen molar-refractivity contribution in [1.29, 1.82) is 0 Å². The number of aromatic nitrogens is 1. The molecule has 0 spiro atoms. The first-order valence-electron chi connectivity index (χ1n) is 6.37. The van der Waals surface area contributed by atoms with E-state index < -0.39 is 18.1 Å². The lowest BCUT2D eigenvalue weighted by Gasteiger charge is -2.10. The van der Waals surface area contributed by atoms with Crippen molar-refractivity contribution >= 4 is 28.6 Å². The molecule has 0 aliphatic carbocycles. The van der Waals surface area contributed by atoms with Crippen LogP contribution < -0.4 is 10.6 Å². The van der Waals surface area contributed by atoms with Crippen molar-refractivity contribution < 1.29 is 19.8 Å². The summed E-state index contributed by atoms with van der Waals surface area (Å²) in [5.41, 5.74) is 1.37. The molecule has 7 nitrogen and oxygen atoms in total. The van der Waals surface area contributed by atoms with Crippen LogP contribution in [0.4, 0.5) is 10.5 Å². The Morgan fingerprint density at radius 2 is 2.05 bits per heavy atom. The first kappa shape index (κ1) is 14.7. The van der Waals surface area contributed by atoms with E-state index in [1.54, 1.807) is 24.4 Å². The molecule has 2 rings (SSSR count). The van der Waals surface area contributed by atoms with Gasteiger partial charge in [-0.1, -0.05) is 6.07 Å². The van der Waals surface area contributed by atoms with Crippen molar-refractivity contribution in [2.45, 2.75) is 12.5 Å². The molecule has 110 valence electrons. The van der Waals surface area contributed by atoms with Gasteiger partial charge in [-0.2, -0.15) is 0 Å². The van der Waals surface area contributed by atoms with Crippen LogP contribution in [-0.4, -0.2) is 39.8 Å². The maximum absolute atomic E-state index is 11.7. The quantitative estimate of drug-likeness (QED) is 0.660. The van der Waals surface area contributed by atoms with Crippen molar-refractivity contribution in [2.24, 2.45) is 0 Å². The number of nitrogens with one attached hydrogen (secondary N) is 2. The van der Waals surface area contributed by atoms with Crippen LogP contribution >= 0.6 is 0 Å². The van der Waals surface area contributed by atoms with E-state index in [4.69, 9.17) is 10.2 Å². The smallest absolute Gasteiger partial charge is 0.332 e. The summed E-state index contributed by atoms with van der Waals surface area (Å²) in [4.78, 5) is 26.3. The predicted molar refractivity (Wildman–Crippen MR) is 77.0 cm³/mol. The molecular weight excluding hydrogens is 274 g/mol. The molecule has 21 heavy (non-hydrogen) atoms. The van der Waals surface area contributed by atoms with E-state index in [0.29, 0.717) is 5.69 Å². The van der Waals surface area contributed by atoms with Gasteiger partial charge in [0.1, 0.15) is 0 Å². The molecule has 0 unspecified atom stereocenters. The number of anilines is 1. The summed E-state index contributed by atoms with van der Waals surface area (Å²) in [6.07, 6.45) is 0.131. The summed E-state index contributed by atoms with van der Waals surface area (Å²) in [6, 6.07) is 8.50. The molecule has 1 heterocycles. The maximum Gasteiger partial charge on any atom is 0.332 e. The number of pyridine rings is 1. The minimum absolute atomic E-state index is 0.0557. The normalized spacial score (nSPS) is 11.9. The number of carbonyl (C=O) groups excluding carboxylic acids is 1. The van der Waals surface area contributed by atoms with Crippen LogP contribution in [-0.2, 0) is 4.79 Å². The standard InChI is InChI=1S/C14H15N3O4/c18-12(13(19)20)6-8-16-14(21)17-11-5-1-4-10-9(11)3-2-7-15-10/h1-5,7,12,18H,6,8H2,(H,19,20)(H2,16,17,21)/t12-/m0/s1. The highest BCUT2D eigenvalue weighted by Gasteiger charge is 2.13. The molecule has 1 aromatic heterocycles. The SMILES string of the molecule is O=C(NCC[C@H](O)C(=O)O)Nc1cccc2ncccc12. The Morgan fingerprint density at radius 1 is 1.24 bits per heavy atom. The molecular formula is C14H15N3O4. The van der Waals surface area contributed by atoms with Gasteiger partial charge in [-0.05, 0) is 24.3 Å². The van der Waals surface area contributed by atoms with Crippen LogP contribution in [0.2, 0.25) is 0 Å². The van der Waals surface area contributed by atoms with Crippen LogP contribution in [0.5, 0.6) is 0 Å². The zero-order chi connectivity index (χ0) is 15.2. The van der Waals surface area contributed by atoms with E-state index >= 15 is 0 Å². The third-order valence-corrected chi connectivity index (χ3v) is 2.88. The number of hydrogen-bond donors (Lipinski definition) is 4. The molecule has 0 aliphatic rings. The Hall–Kier alpha value is -2.67. The number of aliphatic hydroxyl groups excluding tert-OH is 1. The molecule has 1 atom stereocenters. The summed E-state index contributed by atoms with van der Waals surface area (Å²) in [5, 5.41) is 23.6. The first-order chi connectivity index (χ1) is 10.1. The first-order valence-corrected chi connectivity index (χ1v) is 6.37. The number of carboxylic acid groups (broad SMARTS) is 1. The molecule has 4 N–H and O–H groups in total. The number of rotatable bonds is 5. The number of nitrogens with zero attached hydrogens (tertiary/aromatic N) is 1. The van der Waals surface area contributed by atoms with Crippen molar-refractivity contribution in [3.8, 4) is 0 Å². The minimum Gasteiger partial charge on any atom is -0.479 e. The molecule has 2 amide bonds. The van der Waals surface area contributed by atoms with E-state index in [-0.39, 0.29) is 13.0 Å². The fourth-order valence-electron chi connectivity index (χ4n) is 1.82. The van der Waals surface area contributed by atoms with Crippen molar-refractivity contribution in [3.05, 3.63) is 36.5 Å². The third-order valence-electron chi connectivity index (χ3n) is 2.88. The number of carbonyl (C=O) groups is 2. The average Bonchev–Trinajstić information content (AvgIpc) is 2.47. The number of aliphatic hydroxyl groups is 1. The van der Waals surface area contributed by atoms with Crippen LogP contribution in [0.1, 0.15) is 6.42 Å². The molecule has 0 bridgehead atoms. The van der Waals surface area contributed by atoms with Gasteiger partial charge in [0.05, 0.1) is 11.2 Å². The Bertz CT molecular complexity index is 654. The Morgan fingerprint density at radius 3 is 2.81 bits per heavy atom. The highest BCUT2D eigenvalue weighted by molar-refractivity contribution is 6.00. The largest absolute Gasteiger partial charge is 0.479 e. The monoisotopic (exact) mass is 289 g/mol. The molecule has 1 aromatic carbocycles. The maximum atomic E-state index is 11.7. The summed E-state index contributed by atoms with van der Waals surface area (Å²) in [6.45, 7) is 0.0579. The van der Waals surface area contributed by atoms with Crippen LogP contribution in [0.15, 0.2) is 36.5 Å². The van der Waals surface area contributed by atoms with Gasteiger partial charge < -0.3 is 20.8 Å². The van der Waals surface area contributed by atoms with Gasteiger partial charge in [-0.15, -0.1) is 0 Å². The topological polar surface area (TPSA) is 112 Å². The summed E-state index contributed by atoms with van der Waals surface area (Å²) in [7, 11) is 0. The summed E-state index contributed by atoms with van der Waals surface area (Å²) < 4.78 is 0. The zero-order valence-corrected chi connectivity index (χ0v) is 11.1. The highest BCUT2D eigenvalue weighted by Crippen LogP contribution is 2.20. The fraction of sp³-hybridized carbons (Fsp3) is 0.214. The molecule has 0 saturated heterocycles. The third kappa shape index (κ3) is 3.90. The number of urea groups is 1. The average molecular weight is 289 g/mol. The predicted octanol–water partition coefficient (Wildman–Crippen LogP) is 1.19. The van der Waals surface area contributed by atoms with E-state index in [0.717, 1.165) is 10.9 Å². The number of fused-ring (bicyclic) bond motifs is 1. The van der Waals surface area contributed by atoms with E-state index in [1.807, 2.05) is 12.1 Å². The lowest BCUT2D eigenvalue weighted by atomic mass is 10.2. The second kappa shape index (κ2) is 6.67. The minimum atomic E-state index is -1.48. The van der Waals surface area contributed by atoms with Crippen molar-refractivity contribution in [2.75, 3.05) is 11.9 Å². The van der Waals surface area contributed by atoms with Gasteiger partial charge in [0.15, 0.2) is 6.10 Å². The molecule has 0 radical (unpaired) electrons.